The van der Waals surface area contributed by atoms with Gasteiger partial charge >= 0.3 is 5.97 Å². The number of nitrogens with zero attached hydrogens (tertiary/aromatic N) is 3. The number of carboxylic acid groups (broad SMARTS) is 1. The highest BCUT2D eigenvalue weighted by Gasteiger charge is 2.17. The lowest BCUT2D eigenvalue weighted by Crippen LogP contribution is -2.27. The minimum atomic E-state index is -0.966. The Labute approximate surface area is 217 Å². The first-order valence-electron chi connectivity index (χ1n) is 12.7. The van der Waals surface area contributed by atoms with Crippen LogP contribution in [0.5, 0.6) is 5.75 Å². The lowest BCUT2D eigenvalue weighted by molar-refractivity contribution is -0.137. The highest BCUT2D eigenvalue weighted by molar-refractivity contribution is 6.00. The lowest BCUT2D eigenvalue weighted by Gasteiger charge is -2.17. The second kappa shape index (κ2) is 14.5. The van der Waals surface area contributed by atoms with Gasteiger partial charge in [-0.15, -0.1) is 0 Å². The number of rotatable bonds is 15. The van der Waals surface area contributed by atoms with Crippen LogP contribution in [0.1, 0.15) is 63.5 Å². The normalized spacial score (nSPS) is 11.5. The third kappa shape index (κ3) is 8.54. The fraction of sp³-hybridized carbons (Fsp3) is 0.379. The smallest absolute Gasteiger partial charge is 0.305 e. The summed E-state index contributed by atoms with van der Waals surface area (Å²) in [6.45, 7) is 2.62. The monoisotopic (exact) mass is 502 g/mol. The number of hydrogen-bond donors (Lipinski definition) is 2. The molecular weight excluding hydrogens is 468 g/mol. The number of aliphatic carboxylic acids is 1. The number of hydrogen-bond acceptors (Lipinski definition) is 4. The van der Waals surface area contributed by atoms with Gasteiger partial charge in [0, 0.05) is 23.8 Å². The largest absolute Gasteiger partial charge is 0.493 e. The zero-order valence-corrected chi connectivity index (χ0v) is 21.2. The minimum Gasteiger partial charge on any atom is -0.493 e. The van der Waals surface area contributed by atoms with Gasteiger partial charge in [0.05, 0.1) is 19.1 Å². The van der Waals surface area contributed by atoms with Gasteiger partial charge in [0.15, 0.2) is 0 Å². The molecule has 0 radical (unpaired) electrons. The van der Waals surface area contributed by atoms with E-state index in [2.05, 4.69) is 33.5 Å². The second-order valence-electron chi connectivity index (χ2n) is 9.05. The molecule has 0 fully saturated rings. The van der Waals surface area contributed by atoms with Crippen molar-refractivity contribution in [1.29, 1.82) is 0 Å². The third-order valence-electron chi connectivity index (χ3n) is 6.24. The highest BCUT2D eigenvalue weighted by Crippen LogP contribution is 2.35. The van der Waals surface area contributed by atoms with Gasteiger partial charge in [-0.25, -0.2) is 0 Å². The molecule has 0 spiro atoms. The Hall–Kier alpha value is -4.03. The summed E-state index contributed by atoms with van der Waals surface area (Å²) < 4.78 is 6.14. The summed E-state index contributed by atoms with van der Waals surface area (Å²) in [4.78, 5) is 25.5. The fourth-order valence-corrected chi connectivity index (χ4v) is 4.43. The average molecular weight is 503 g/mol. The molecule has 3 aromatic rings. The Balaban J connectivity index is 1.64. The van der Waals surface area contributed by atoms with E-state index in [1.807, 2.05) is 42.5 Å². The van der Waals surface area contributed by atoms with E-state index >= 15 is 0 Å². The Morgan fingerprint density at radius 1 is 0.946 bits per heavy atom. The SMILES string of the molecule is CC(=O)N[C@@H](CC(=O)O)c1ccc(-c2ccc(OCCCCCCCCN=[N+]=[N-])c3ccccc23)cc1. The molecule has 194 valence electrons. The van der Waals surface area contributed by atoms with Gasteiger partial charge in [-0.1, -0.05) is 85.4 Å². The zero-order chi connectivity index (χ0) is 26.5. The number of amides is 1. The predicted molar refractivity (Wildman–Crippen MR) is 145 cm³/mol. The van der Waals surface area contributed by atoms with Crippen LogP contribution in [0.2, 0.25) is 0 Å². The maximum absolute atomic E-state index is 11.5. The van der Waals surface area contributed by atoms with Crippen LogP contribution < -0.4 is 10.1 Å². The summed E-state index contributed by atoms with van der Waals surface area (Å²) in [6.07, 6.45) is 6.22. The van der Waals surface area contributed by atoms with E-state index in [0.29, 0.717) is 13.2 Å². The van der Waals surface area contributed by atoms with Crippen molar-refractivity contribution in [3.05, 3.63) is 76.7 Å². The van der Waals surface area contributed by atoms with E-state index in [4.69, 9.17) is 10.3 Å². The van der Waals surface area contributed by atoms with Crippen LogP contribution >= 0.6 is 0 Å². The predicted octanol–water partition coefficient (Wildman–Crippen LogP) is 7.19. The van der Waals surface area contributed by atoms with Crippen molar-refractivity contribution < 1.29 is 19.4 Å². The summed E-state index contributed by atoms with van der Waals surface area (Å²) in [5.74, 6) is -0.372. The Morgan fingerprint density at radius 2 is 1.62 bits per heavy atom. The van der Waals surface area contributed by atoms with Gasteiger partial charge in [-0.05, 0) is 46.5 Å². The first-order valence-corrected chi connectivity index (χ1v) is 12.7. The molecular formula is C29H34N4O4. The summed E-state index contributed by atoms with van der Waals surface area (Å²) in [6, 6.07) is 19.3. The molecule has 0 saturated carbocycles. The lowest BCUT2D eigenvalue weighted by atomic mass is 9.95. The molecule has 0 aliphatic rings. The van der Waals surface area contributed by atoms with Gasteiger partial charge in [-0.2, -0.15) is 0 Å². The first kappa shape index (κ1) is 27.6. The van der Waals surface area contributed by atoms with Crippen molar-refractivity contribution in [2.45, 2.75) is 57.9 Å². The van der Waals surface area contributed by atoms with Crippen LogP contribution in [0.25, 0.3) is 32.3 Å². The molecule has 1 amide bonds. The molecule has 0 aliphatic carbocycles. The number of carbonyl (C=O) groups is 2. The van der Waals surface area contributed by atoms with Gasteiger partial charge in [-0.3, -0.25) is 9.59 Å². The summed E-state index contributed by atoms with van der Waals surface area (Å²) in [5, 5.41) is 17.6. The van der Waals surface area contributed by atoms with E-state index < -0.39 is 12.0 Å². The summed E-state index contributed by atoms with van der Waals surface area (Å²) >= 11 is 0. The zero-order valence-electron chi connectivity index (χ0n) is 21.2. The molecule has 0 saturated heterocycles. The van der Waals surface area contributed by atoms with Crippen LogP contribution in [0.3, 0.4) is 0 Å². The van der Waals surface area contributed by atoms with Crippen molar-refractivity contribution in [3.63, 3.8) is 0 Å². The standard InChI is InChI=1S/C29H34N4O4/c1-21(34)32-27(20-29(35)36)23-14-12-22(13-15-23)24-16-17-28(26-11-7-6-10-25(24)26)37-19-9-5-3-2-4-8-18-31-33-30/h6-7,10-17,27H,2-5,8-9,18-20H2,1H3,(H,32,34)(H,35,36)/t27-/m0/s1. The van der Waals surface area contributed by atoms with Crippen LogP contribution in [-0.2, 0) is 9.59 Å². The summed E-state index contributed by atoms with van der Waals surface area (Å²) in [5.41, 5.74) is 11.1. The minimum absolute atomic E-state index is 0.175. The molecule has 1 atom stereocenters. The highest BCUT2D eigenvalue weighted by atomic mass is 16.5. The van der Waals surface area contributed by atoms with Crippen LogP contribution in [0.4, 0.5) is 0 Å². The Morgan fingerprint density at radius 3 is 2.30 bits per heavy atom. The fourth-order valence-electron chi connectivity index (χ4n) is 4.43. The van der Waals surface area contributed by atoms with Crippen molar-refractivity contribution in [3.8, 4) is 16.9 Å². The molecule has 37 heavy (non-hydrogen) atoms. The Kier molecular flexibility index (Phi) is 10.8. The number of unbranched alkanes of at least 4 members (excludes halogenated alkanes) is 5. The molecule has 3 aromatic carbocycles. The van der Waals surface area contributed by atoms with Gasteiger partial charge in [0.25, 0.3) is 0 Å². The third-order valence-corrected chi connectivity index (χ3v) is 6.24. The first-order chi connectivity index (χ1) is 18.0. The van der Waals surface area contributed by atoms with E-state index in [1.165, 1.54) is 6.92 Å². The second-order valence-corrected chi connectivity index (χ2v) is 9.05. The van der Waals surface area contributed by atoms with Crippen molar-refractivity contribution in [1.82, 2.24) is 5.32 Å². The topological polar surface area (TPSA) is 124 Å². The molecule has 0 bridgehead atoms. The number of fused-ring (bicyclic) bond motifs is 1. The Bertz CT molecular complexity index is 1220. The van der Waals surface area contributed by atoms with Crippen molar-refractivity contribution in [2.75, 3.05) is 13.2 Å². The van der Waals surface area contributed by atoms with Crippen LogP contribution in [-0.4, -0.2) is 30.1 Å². The average Bonchev–Trinajstić information content (AvgIpc) is 2.89. The number of ether oxygens (including phenoxy) is 1. The van der Waals surface area contributed by atoms with Gasteiger partial charge in [0.1, 0.15) is 5.75 Å². The van der Waals surface area contributed by atoms with E-state index in [0.717, 1.165) is 71.7 Å². The maximum Gasteiger partial charge on any atom is 0.305 e. The van der Waals surface area contributed by atoms with Crippen LogP contribution in [0, 0.1) is 0 Å². The number of nitrogens with one attached hydrogen (secondary N) is 1. The number of carbonyl (C=O) groups excluding carboxylic acids is 1. The van der Waals surface area contributed by atoms with E-state index in [1.54, 1.807) is 0 Å². The summed E-state index contributed by atoms with van der Waals surface area (Å²) in [7, 11) is 0. The molecule has 8 heteroatoms. The van der Waals surface area contributed by atoms with Gasteiger partial charge in [0.2, 0.25) is 5.91 Å². The van der Waals surface area contributed by atoms with Crippen LogP contribution in [0.15, 0.2) is 65.8 Å². The molecule has 3 rings (SSSR count). The van der Waals surface area contributed by atoms with E-state index in [-0.39, 0.29) is 12.3 Å². The number of benzene rings is 3. The number of carboxylic acids is 1. The molecule has 2 N–H and O–H groups in total. The number of azide groups is 1. The van der Waals surface area contributed by atoms with Crippen molar-refractivity contribution in [2.24, 2.45) is 5.11 Å². The maximum atomic E-state index is 11.5. The van der Waals surface area contributed by atoms with E-state index in [9.17, 15) is 14.7 Å². The quantitative estimate of drug-likeness (QED) is 0.0987. The molecule has 0 heterocycles. The molecule has 0 aliphatic heterocycles. The molecule has 8 nitrogen and oxygen atoms in total. The molecule has 0 unspecified atom stereocenters. The molecule has 0 aromatic heterocycles. The van der Waals surface area contributed by atoms with Gasteiger partial charge < -0.3 is 15.2 Å². The van der Waals surface area contributed by atoms with Crippen molar-refractivity contribution >= 4 is 22.6 Å².